The van der Waals surface area contributed by atoms with Crippen molar-refractivity contribution in [2.45, 2.75) is 20.3 Å². The molecule has 0 unspecified atom stereocenters. The Bertz CT molecular complexity index is 524. The molecule has 0 aliphatic carbocycles. The van der Waals surface area contributed by atoms with Gasteiger partial charge in [-0.2, -0.15) is 0 Å². The zero-order valence-corrected chi connectivity index (χ0v) is 12.5. The van der Waals surface area contributed by atoms with E-state index in [1.54, 1.807) is 29.2 Å². The molecule has 0 saturated carbocycles. The van der Waals surface area contributed by atoms with Crippen LogP contribution in [0.25, 0.3) is 0 Å². The van der Waals surface area contributed by atoms with Gasteiger partial charge in [-0.3, -0.25) is 14.4 Å². The lowest BCUT2D eigenvalue weighted by Crippen LogP contribution is -2.30. The van der Waals surface area contributed by atoms with Crippen LogP contribution in [-0.4, -0.2) is 42.9 Å². The number of hydrogen-bond donors (Lipinski definition) is 1. The number of carbonyl (C=O) groups is 3. The lowest BCUT2D eigenvalue weighted by molar-refractivity contribution is -0.142. The summed E-state index contributed by atoms with van der Waals surface area (Å²) in [6.07, 6.45) is -0.356. The summed E-state index contributed by atoms with van der Waals surface area (Å²) in [4.78, 5) is 36.5. The van der Waals surface area contributed by atoms with E-state index in [-0.39, 0.29) is 12.3 Å². The van der Waals surface area contributed by atoms with E-state index in [1.807, 2.05) is 13.8 Å². The minimum atomic E-state index is -0.608. The first-order valence-electron chi connectivity index (χ1n) is 6.77. The van der Waals surface area contributed by atoms with E-state index in [4.69, 9.17) is 0 Å². The van der Waals surface area contributed by atoms with Gasteiger partial charge in [-0.15, -0.1) is 0 Å². The Balaban J connectivity index is 2.79. The Hall–Kier alpha value is -2.37. The van der Waals surface area contributed by atoms with Gasteiger partial charge in [0.1, 0.15) is 6.42 Å². The summed E-state index contributed by atoms with van der Waals surface area (Å²) >= 11 is 0. The number of hydrogen-bond acceptors (Lipinski definition) is 4. The molecule has 0 fully saturated rings. The van der Waals surface area contributed by atoms with Crippen molar-refractivity contribution in [3.63, 3.8) is 0 Å². The van der Waals surface area contributed by atoms with Crippen LogP contribution in [0.15, 0.2) is 24.3 Å². The quantitative estimate of drug-likeness (QED) is 0.639. The van der Waals surface area contributed by atoms with Gasteiger partial charge in [-0.05, 0) is 32.0 Å². The van der Waals surface area contributed by atoms with Gasteiger partial charge in [0.15, 0.2) is 0 Å². The molecule has 0 atom stereocenters. The summed E-state index contributed by atoms with van der Waals surface area (Å²) in [5, 5.41) is 2.57. The first kappa shape index (κ1) is 16.7. The molecule has 1 aromatic rings. The highest BCUT2D eigenvalue weighted by atomic mass is 16.5. The summed E-state index contributed by atoms with van der Waals surface area (Å²) < 4.78 is 4.42. The second-order valence-electron chi connectivity index (χ2n) is 4.36. The molecule has 6 heteroatoms. The summed E-state index contributed by atoms with van der Waals surface area (Å²) in [7, 11) is 1.22. The van der Waals surface area contributed by atoms with Crippen molar-refractivity contribution >= 4 is 23.5 Å². The fourth-order valence-corrected chi connectivity index (χ4v) is 1.83. The van der Waals surface area contributed by atoms with Crippen molar-refractivity contribution in [3.05, 3.63) is 29.8 Å². The monoisotopic (exact) mass is 292 g/mol. The topological polar surface area (TPSA) is 75.7 Å². The second-order valence-corrected chi connectivity index (χ2v) is 4.36. The predicted molar refractivity (Wildman–Crippen MR) is 79.0 cm³/mol. The molecule has 0 saturated heterocycles. The number of nitrogens with one attached hydrogen (secondary N) is 1. The fourth-order valence-electron chi connectivity index (χ4n) is 1.83. The molecular formula is C15H20N2O4. The Morgan fingerprint density at radius 2 is 1.86 bits per heavy atom. The summed E-state index contributed by atoms with van der Waals surface area (Å²) in [6, 6.07) is 6.63. The number of ether oxygens (including phenoxy) is 1. The van der Waals surface area contributed by atoms with Crippen LogP contribution in [0, 0.1) is 0 Å². The predicted octanol–water partition coefficient (Wildman–Crippen LogP) is 1.67. The SMILES string of the molecule is CCN(CC)C(=O)c1cccc(NC(=O)CC(=O)OC)c1. The Labute approximate surface area is 124 Å². The molecule has 21 heavy (non-hydrogen) atoms. The smallest absolute Gasteiger partial charge is 0.315 e. The lowest BCUT2D eigenvalue weighted by Gasteiger charge is -2.19. The van der Waals surface area contributed by atoms with E-state index < -0.39 is 11.9 Å². The zero-order chi connectivity index (χ0) is 15.8. The normalized spacial score (nSPS) is 9.86. The number of carbonyl (C=O) groups excluding carboxylic acids is 3. The zero-order valence-electron chi connectivity index (χ0n) is 12.5. The number of nitrogens with zero attached hydrogens (tertiary/aromatic N) is 1. The molecule has 0 radical (unpaired) electrons. The van der Waals surface area contributed by atoms with Crippen molar-refractivity contribution in [2.75, 3.05) is 25.5 Å². The van der Waals surface area contributed by atoms with Crippen LogP contribution >= 0.6 is 0 Å². The standard InChI is InChI=1S/C15H20N2O4/c1-4-17(5-2)15(20)11-7-6-8-12(9-11)16-13(18)10-14(19)21-3/h6-9H,4-5,10H2,1-3H3,(H,16,18). The third kappa shape index (κ3) is 4.91. The van der Waals surface area contributed by atoms with Crippen molar-refractivity contribution in [1.29, 1.82) is 0 Å². The molecule has 1 N–H and O–H groups in total. The average molecular weight is 292 g/mol. The maximum Gasteiger partial charge on any atom is 0.315 e. The van der Waals surface area contributed by atoms with Crippen molar-refractivity contribution < 1.29 is 19.1 Å². The highest BCUT2D eigenvalue weighted by Crippen LogP contribution is 2.13. The molecule has 6 nitrogen and oxygen atoms in total. The maximum absolute atomic E-state index is 12.2. The minimum Gasteiger partial charge on any atom is -0.469 e. The van der Waals surface area contributed by atoms with E-state index in [2.05, 4.69) is 10.1 Å². The van der Waals surface area contributed by atoms with Crippen LogP contribution in [0.4, 0.5) is 5.69 Å². The first-order chi connectivity index (χ1) is 10.0. The summed E-state index contributed by atoms with van der Waals surface area (Å²) in [6.45, 7) is 5.05. The van der Waals surface area contributed by atoms with Crippen LogP contribution in [-0.2, 0) is 14.3 Å². The van der Waals surface area contributed by atoms with E-state index in [0.717, 1.165) is 0 Å². The van der Waals surface area contributed by atoms with Crippen LogP contribution in [0.1, 0.15) is 30.6 Å². The highest BCUT2D eigenvalue weighted by molar-refractivity contribution is 6.02. The molecule has 1 rings (SSSR count). The Morgan fingerprint density at radius 1 is 1.19 bits per heavy atom. The van der Waals surface area contributed by atoms with Crippen LogP contribution in [0.2, 0.25) is 0 Å². The summed E-state index contributed by atoms with van der Waals surface area (Å²) in [5.74, 6) is -1.18. The van der Waals surface area contributed by atoms with E-state index >= 15 is 0 Å². The van der Waals surface area contributed by atoms with Gasteiger partial charge in [-0.25, -0.2) is 0 Å². The molecule has 2 amide bonds. The summed E-state index contributed by atoms with van der Waals surface area (Å²) in [5.41, 5.74) is 0.969. The number of anilines is 1. The van der Waals surface area contributed by atoms with Crippen LogP contribution in [0.3, 0.4) is 0 Å². The lowest BCUT2D eigenvalue weighted by atomic mass is 10.1. The number of amides is 2. The fraction of sp³-hybridized carbons (Fsp3) is 0.400. The number of rotatable bonds is 6. The second kappa shape index (κ2) is 8.04. The van der Waals surface area contributed by atoms with Gasteiger partial charge in [0, 0.05) is 24.3 Å². The van der Waals surface area contributed by atoms with E-state index in [1.165, 1.54) is 7.11 Å². The van der Waals surface area contributed by atoms with Gasteiger partial charge < -0.3 is 15.0 Å². The molecule has 0 bridgehead atoms. The maximum atomic E-state index is 12.2. The molecular weight excluding hydrogens is 272 g/mol. The van der Waals surface area contributed by atoms with Crippen molar-refractivity contribution in [2.24, 2.45) is 0 Å². The molecule has 0 aliphatic heterocycles. The Kier molecular flexibility index (Phi) is 6.39. The third-order valence-electron chi connectivity index (χ3n) is 2.98. The van der Waals surface area contributed by atoms with Crippen LogP contribution < -0.4 is 5.32 Å². The number of benzene rings is 1. The van der Waals surface area contributed by atoms with Gasteiger partial charge in [-0.1, -0.05) is 6.07 Å². The minimum absolute atomic E-state index is 0.0935. The van der Waals surface area contributed by atoms with E-state index in [9.17, 15) is 14.4 Å². The molecule has 0 spiro atoms. The van der Waals surface area contributed by atoms with Crippen LogP contribution in [0.5, 0.6) is 0 Å². The highest BCUT2D eigenvalue weighted by Gasteiger charge is 2.14. The molecule has 0 aliphatic rings. The Morgan fingerprint density at radius 3 is 2.43 bits per heavy atom. The van der Waals surface area contributed by atoms with Gasteiger partial charge in [0.05, 0.1) is 7.11 Å². The molecule has 0 aromatic heterocycles. The molecule has 1 aromatic carbocycles. The van der Waals surface area contributed by atoms with Gasteiger partial charge in [0.2, 0.25) is 5.91 Å². The van der Waals surface area contributed by atoms with E-state index in [0.29, 0.717) is 24.3 Å². The number of esters is 1. The van der Waals surface area contributed by atoms with Crippen molar-refractivity contribution in [3.8, 4) is 0 Å². The van der Waals surface area contributed by atoms with Crippen molar-refractivity contribution in [1.82, 2.24) is 4.90 Å². The average Bonchev–Trinajstić information content (AvgIpc) is 2.48. The third-order valence-corrected chi connectivity index (χ3v) is 2.98. The largest absolute Gasteiger partial charge is 0.469 e. The first-order valence-corrected chi connectivity index (χ1v) is 6.77. The molecule has 114 valence electrons. The van der Waals surface area contributed by atoms with Gasteiger partial charge in [0.25, 0.3) is 5.91 Å². The number of methoxy groups -OCH3 is 1. The molecule has 0 heterocycles. The van der Waals surface area contributed by atoms with Gasteiger partial charge >= 0.3 is 5.97 Å².